The summed E-state index contributed by atoms with van der Waals surface area (Å²) >= 11 is 5.64. The smallest absolute Gasteiger partial charge is 0.241 e. The maximum Gasteiger partial charge on any atom is 0.241 e. The van der Waals surface area contributed by atoms with Crippen LogP contribution in [-0.2, 0) is 0 Å². The van der Waals surface area contributed by atoms with Crippen molar-refractivity contribution in [2.45, 2.75) is 0 Å². The minimum absolute atomic E-state index is 0.0406. The van der Waals surface area contributed by atoms with E-state index in [4.69, 9.17) is 0 Å². The van der Waals surface area contributed by atoms with Crippen molar-refractivity contribution < 1.29 is 0 Å². The molecule has 6 heterocycles. The standard InChI is InChI=1S/C72H42BN3S3/c1-7-19-61-49(13-1)55-37-58-52-16-4-10-22-67(52)77-70(58)40-64(55)74(61)46-31-25-43(26-32-46)73(44-27-33-47(34-28-44)75-62-20-8-2-14-50(62)56-38-59-53-17-5-11-23-68(53)78-71(59)41-65(56)75)45-29-35-48(36-30-45)76-63-21-9-3-15-51(63)57-39-60-54-18-6-12-24-69(54)79-72(60)42-66(57)76/h1-42H. The summed E-state index contributed by atoms with van der Waals surface area (Å²) in [5, 5.41) is 15.6. The number of hydrogen-bond acceptors (Lipinski definition) is 3. The molecule has 18 rings (SSSR count). The lowest BCUT2D eigenvalue weighted by atomic mass is 9.37. The van der Waals surface area contributed by atoms with Gasteiger partial charge in [-0.1, -0.05) is 162 Å². The van der Waals surface area contributed by atoms with E-state index in [0.717, 1.165) is 17.1 Å². The van der Waals surface area contributed by atoms with Crippen molar-refractivity contribution in [2.24, 2.45) is 0 Å². The topological polar surface area (TPSA) is 14.8 Å². The minimum Gasteiger partial charge on any atom is -0.309 e. The molecule has 0 radical (unpaired) electrons. The number of aromatic nitrogens is 3. The lowest BCUT2D eigenvalue weighted by molar-refractivity contribution is 1.18. The molecule has 0 aliphatic rings. The molecule has 0 saturated carbocycles. The summed E-state index contributed by atoms with van der Waals surface area (Å²) in [7, 11) is 0. The predicted molar refractivity (Wildman–Crippen MR) is 346 cm³/mol. The van der Waals surface area contributed by atoms with Crippen molar-refractivity contribution in [3.05, 3.63) is 255 Å². The minimum atomic E-state index is -0.0406. The number of hydrogen-bond donors (Lipinski definition) is 0. The van der Waals surface area contributed by atoms with Crippen LogP contribution in [0.25, 0.3) is 143 Å². The van der Waals surface area contributed by atoms with Gasteiger partial charge in [-0.15, -0.1) is 34.0 Å². The Balaban J connectivity index is 0.795. The van der Waals surface area contributed by atoms with Gasteiger partial charge in [-0.25, -0.2) is 0 Å². The van der Waals surface area contributed by atoms with Crippen molar-refractivity contribution in [2.75, 3.05) is 0 Å². The summed E-state index contributed by atoms with van der Waals surface area (Å²) in [6, 6.07) is 95.8. The lowest BCUT2D eigenvalue weighted by Gasteiger charge is -2.19. The zero-order valence-electron chi connectivity index (χ0n) is 42.4. The monoisotopic (exact) mass is 1060 g/mol. The third kappa shape index (κ3) is 6.40. The van der Waals surface area contributed by atoms with Crippen LogP contribution in [0, 0.1) is 0 Å². The molecule has 366 valence electrons. The van der Waals surface area contributed by atoms with Gasteiger partial charge in [0.25, 0.3) is 0 Å². The molecule has 0 unspecified atom stereocenters. The van der Waals surface area contributed by atoms with Crippen LogP contribution >= 0.6 is 34.0 Å². The number of fused-ring (bicyclic) bond motifs is 18. The van der Waals surface area contributed by atoms with E-state index in [1.807, 2.05) is 34.0 Å². The van der Waals surface area contributed by atoms with E-state index in [1.165, 1.54) is 142 Å². The normalized spacial score (nSPS) is 12.3. The highest BCUT2D eigenvalue weighted by molar-refractivity contribution is 7.26. The van der Waals surface area contributed by atoms with Crippen LogP contribution < -0.4 is 16.4 Å². The Morgan fingerprint density at radius 3 is 0.772 bits per heavy atom. The van der Waals surface area contributed by atoms with E-state index < -0.39 is 0 Å². The highest BCUT2D eigenvalue weighted by Gasteiger charge is 2.25. The van der Waals surface area contributed by atoms with Crippen LogP contribution in [0.4, 0.5) is 0 Å². The second kappa shape index (κ2) is 16.6. The molecule has 79 heavy (non-hydrogen) atoms. The molecule has 0 aliphatic carbocycles. The largest absolute Gasteiger partial charge is 0.309 e. The Hall–Kier alpha value is -9.24. The molecular formula is C72H42BN3S3. The van der Waals surface area contributed by atoms with Gasteiger partial charge in [-0.3, -0.25) is 0 Å². The summed E-state index contributed by atoms with van der Waals surface area (Å²) in [4.78, 5) is 0. The second-order valence-electron chi connectivity index (χ2n) is 21.2. The third-order valence-corrected chi connectivity index (χ3v) is 20.4. The first-order valence-corrected chi connectivity index (χ1v) is 29.4. The van der Waals surface area contributed by atoms with E-state index in [1.54, 1.807) is 0 Å². The molecule has 0 amide bonds. The lowest BCUT2D eigenvalue weighted by Crippen LogP contribution is -2.52. The molecule has 0 saturated heterocycles. The molecule has 18 aromatic rings. The van der Waals surface area contributed by atoms with E-state index in [2.05, 4.69) is 268 Å². The predicted octanol–water partition coefficient (Wildman–Crippen LogP) is 18.6. The Kier molecular flexibility index (Phi) is 9.23. The number of para-hydroxylation sites is 3. The van der Waals surface area contributed by atoms with Crippen LogP contribution in [0.2, 0.25) is 0 Å². The van der Waals surface area contributed by atoms with E-state index >= 15 is 0 Å². The van der Waals surface area contributed by atoms with Crippen LogP contribution in [0.5, 0.6) is 0 Å². The molecule has 0 bridgehead atoms. The average molecular weight is 1060 g/mol. The first-order valence-electron chi connectivity index (χ1n) is 27.0. The maximum absolute atomic E-state index is 2.47. The summed E-state index contributed by atoms with van der Waals surface area (Å²) in [5.41, 5.74) is 14.5. The zero-order chi connectivity index (χ0) is 51.4. The van der Waals surface area contributed by atoms with Gasteiger partial charge in [-0.05, 0) is 109 Å². The fraction of sp³-hybridized carbons (Fsp3) is 0. The maximum atomic E-state index is 2.47. The van der Waals surface area contributed by atoms with E-state index in [9.17, 15) is 0 Å². The summed E-state index contributed by atoms with van der Waals surface area (Å²) in [6.45, 7) is -0.0406. The Labute approximate surface area is 465 Å². The Morgan fingerprint density at radius 1 is 0.203 bits per heavy atom. The molecule has 0 N–H and O–H groups in total. The first-order chi connectivity index (χ1) is 39.1. The van der Waals surface area contributed by atoms with Gasteiger partial charge in [0.15, 0.2) is 0 Å². The van der Waals surface area contributed by atoms with Gasteiger partial charge >= 0.3 is 0 Å². The van der Waals surface area contributed by atoms with Crippen LogP contribution in [0.3, 0.4) is 0 Å². The first kappa shape index (κ1) is 43.8. The molecule has 3 nitrogen and oxygen atoms in total. The fourth-order valence-electron chi connectivity index (χ4n) is 13.4. The molecule has 0 fully saturated rings. The molecule has 12 aromatic carbocycles. The number of rotatable bonds is 6. The van der Waals surface area contributed by atoms with Gasteiger partial charge < -0.3 is 13.7 Å². The van der Waals surface area contributed by atoms with Crippen molar-refractivity contribution in [3.63, 3.8) is 0 Å². The average Bonchev–Trinajstić information content (AvgIpc) is 4.55. The molecular weight excluding hydrogens is 1010 g/mol. The molecule has 6 aromatic heterocycles. The number of benzene rings is 12. The van der Waals surface area contributed by atoms with Crippen LogP contribution in [0.15, 0.2) is 255 Å². The number of thiophene rings is 3. The van der Waals surface area contributed by atoms with E-state index in [0.29, 0.717) is 0 Å². The van der Waals surface area contributed by atoms with Crippen molar-refractivity contribution in [3.8, 4) is 17.1 Å². The van der Waals surface area contributed by atoms with Crippen molar-refractivity contribution in [1.82, 2.24) is 13.7 Å². The van der Waals surface area contributed by atoms with Crippen LogP contribution in [0.1, 0.15) is 0 Å². The third-order valence-electron chi connectivity index (χ3n) is 17.0. The summed E-state index contributed by atoms with van der Waals surface area (Å²) < 4.78 is 15.3. The van der Waals surface area contributed by atoms with Gasteiger partial charge in [0.1, 0.15) is 0 Å². The Bertz CT molecular complexity index is 5000. The molecule has 0 spiro atoms. The van der Waals surface area contributed by atoms with Gasteiger partial charge in [0.2, 0.25) is 6.71 Å². The highest BCUT2D eigenvalue weighted by Crippen LogP contribution is 2.44. The molecule has 0 atom stereocenters. The van der Waals surface area contributed by atoms with Crippen molar-refractivity contribution >= 4 is 183 Å². The second-order valence-corrected chi connectivity index (χ2v) is 24.4. The summed E-state index contributed by atoms with van der Waals surface area (Å²) in [5.74, 6) is 0. The number of nitrogens with zero attached hydrogens (tertiary/aromatic N) is 3. The van der Waals surface area contributed by atoms with Crippen molar-refractivity contribution in [1.29, 1.82) is 0 Å². The zero-order valence-corrected chi connectivity index (χ0v) is 44.8. The molecule has 0 aliphatic heterocycles. The van der Waals surface area contributed by atoms with Gasteiger partial charge in [0, 0.05) is 110 Å². The van der Waals surface area contributed by atoms with Gasteiger partial charge in [-0.2, -0.15) is 0 Å². The molecule has 7 heteroatoms. The van der Waals surface area contributed by atoms with Crippen LogP contribution in [-0.4, -0.2) is 20.4 Å². The van der Waals surface area contributed by atoms with E-state index in [-0.39, 0.29) is 6.71 Å². The van der Waals surface area contributed by atoms with Gasteiger partial charge in [0.05, 0.1) is 33.1 Å². The quantitative estimate of drug-likeness (QED) is 0.147. The highest BCUT2D eigenvalue weighted by atomic mass is 32.1. The fourth-order valence-corrected chi connectivity index (χ4v) is 16.8. The summed E-state index contributed by atoms with van der Waals surface area (Å²) in [6.07, 6.45) is 0. The Morgan fingerprint density at radius 2 is 0.468 bits per heavy atom. The SMILES string of the molecule is c1ccc2c(c1)sc1cc3c(cc12)c1ccccc1n3-c1ccc(B(c2ccc(-n3c4ccccc4c4cc5c(cc43)sc3ccccc35)cc2)c2ccc(-n3c4ccccc4c4cc5c(cc43)sc3ccccc35)cc2)cc1.